The van der Waals surface area contributed by atoms with E-state index < -0.39 is 11.7 Å². The van der Waals surface area contributed by atoms with Crippen LogP contribution in [-0.2, 0) is 11.3 Å². The van der Waals surface area contributed by atoms with Gasteiger partial charge in [0.05, 0.1) is 11.9 Å². The van der Waals surface area contributed by atoms with Gasteiger partial charge in [0.2, 0.25) is 0 Å². The van der Waals surface area contributed by atoms with Gasteiger partial charge in [-0.1, -0.05) is 46.3 Å². The summed E-state index contributed by atoms with van der Waals surface area (Å²) in [5.74, 6) is -0.989. The summed E-state index contributed by atoms with van der Waals surface area (Å²) >= 11 is 3.38. The molecule has 0 unspecified atom stereocenters. The Balaban J connectivity index is 1.80. The average molecular weight is 425 g/mol. The van der Waals surface area contributed by atoms with Crippen molar-refractivity contribution in [3.63, 3.8) is 0 Å². The van der Waals surface area contributed by atoms with Crippen molar-refractivity contribution in [1.29, 1.82) is 5.26 Å². The van der Waals surface area contributed by atoms with Crippen LogP contribution < -0.4 is 5.32 Å². The van der Waals surface area contributed by atoms with Crippen LogP contribution in [0.2, 0.25) is 0 Å². The molecular formula is C20H14BrFN4O. The van der Waals surface area contributed by atoms with E-state index in [2.05, 4.69) is 31.4 Å². The van der Waals surface area contributed by atoms with E-state index >= 15 is 0 Å². The first kappa shape index (κ1) is 18.5. The number of rotatable bonds is 5. The highest BCUT2D eigenvalue weighted by molar-refractivity contribution is 9.10. The van der Waals surface area contributed by atoms with Gasteiger partial charge in [-0.15, -0.1) is 0 Å². The number of nitrogens with one attached hydrogen (secondary N) is 2. The van der Waals surface area contributed by atoms with Crippen LogP contribution in [0.25, 0.3) is 17.3 Å². The number of aromatic amines is 1. The lowest BCUT2D eigenvalue weighted by Gasteiger charge is -2.06. The first-order chi connectivity index (χ1) is 13.1. The first-order valence-corrected chi connectivity index (χ1v) is 8.80. The Bertz CT molecular complexity index is 1030. The van der Waals surface area contributed by atoms with Crippen LogP contribution in [0.15, 0.2) is 64.8 Å². The summed E-state index contributed by atoms with van der Waals surface area (Å²) in [6, 6.07) is 15.6. The molecule has 1 aromatic heterocycles. The molecule has 3 rings (SSSR count). The normalized spacial score (nSPS) is 11.1. The van der Waals surface area contributed by atoms with Crippen LogP contribution in [0.4, 0.5) is 4.39 Å². The Labute approximate surface area is 163 Å². The molecular weight excluding hydrogens is 411 g/mol. The molecule has 3 aromatic rings. The molecule has 0 bridgehead atoms. The highest BCUT2D eigenvalue weighted by Crippen LogP contribution is 2.24. The van der Waals surface area contributed by atoms with Gasteiger partial charge in [-0.25, -0.2) is 4.39 Å². The summed E-state index contributed by atoms with van der Waals surface area (Å²) in [7, 11) is 0. The van der Waals surface area contributed by atoms with Gasteiger partial charge in [0.15, 0.2) is 0 Å². The summed E-state index contributed by atoms with van der Waals surface area (Å²) in [6.07, 6.45) is 3.00. The SMILES string of the molecule is N#CC(=Cc1cn[nH]c1-c1ccc(Br)cc1)C(=O)NCc1ccccc1F. The van der Waals surface area contributed by atoms with E-state index in [4.69, 9.17) is 0 Å². The maximum absolute atomic E-state index is 13.7. The molecule has 27 heavy (non-hydrogen) atoms. The first-order valence-electron chi connectivity index (χ1n) is 8.01. The van der Waals surface area contributed by atoms with E-state index in [1.165, 1.54) is 12.1 Å². The zero-order valence-electron chi connectivity index (χ0n) is 14.0. The molecule has 7 heteroatoms. The third-order valence-electron chi connectivity index (χ3n) is 3.86. The maximum Gasteiger partial charge on any atom is 0.262 e. The third kappa shape index (κ3) is 4.49. The number of amides is 1. The van der Waals surface area contributed by atoms with Gasteiger partial charge < -0.3 is 5.32 Å². The van der Waals surface area contributed by atoms with E-state index in [-0.39, 0.29) is 12.1 Å². The van der Waals surface area contributed by atoms with Gasteiger partial charge in [-0.2, -0.15) is 10.4 Å². The zero-order valence-corrected chi connectivity index (χ0v) is 15.6. The summed E-state index contributed by atoms with van der Waals surface area (Å²) < 4.78 is 14.6. The molecule has 0 saturated heterocycles. The zero-order chi connectivity index (χ0) is 19.2. The number of H-pyrrole nitrogens is 1. The monoisotopic (exact) mass is 424 g/mol. The molecule has 1 heterocycles. The standard InChI is InChI=1S/C20H14BrFN4O/c21-17-7-5-13(6-8-17)19-16(12-25-26-19)9-15(10-23)20(27)24-11-14-3-1-2-4-18(14)22/h1-9,12H,11H2,(H,24,27)(H,25,26). The van der Waals surface area contributed by atoms with Crippen LogP contribution in [0.5, 0.6) is 0 Å². The second-order valence-electron chi connectivity index (χ2n) is 5.65. The molecule has 0 saturated carbocycles. The van der Waals surface area contributed by atoms with Crippen LogP contribution in [0, 0.1) is 17.1 Å². The average Bonchev–Trinajstić information content (AvgIpc) is 3.14. The lowest BCUT2D eigenvalue weighted by Crippen LogP contribution is -2.24. The van der Waals surface area contributed by atoms with Crippen molar-refractivity contribution in [3.05, 3.63) is 81.7 Å². The van der Waals surface area contributed by atoms with E-state index in [1.807, 2.05) is 30.3 Å². The molecule has 0 fully saturated rings. The number of hydrogen-bond donors (Lipinski definition) is 2. The number of nitrogens with zero attached hydrogens (tertiary/aromatic N) is 2. The minimum Gasteiger partial charge on any atom is -0.347 e. The molecule has 0 atom stereocenters. The third-order valence-corrected chi connectivity index (χ3v) is 4.39. The smallest absolute Gasteiger partial charge is 0.262 e. The molecule has 134 valence electrons. The summed E-state index contributed by atoms with van der Waals surface area (Å²) in [6.45, 7) is -0.00448. The largest absolute Gasteiger partial charge is 0.347 e. The summed E-state index contributed by atoms with van der Waals surface area (Å²) in [5, 5.41) is 18.8. The van der Waals surface area contributed by atoms with Gasteiger partial charge in [-0.3, -0.25) is 9.89 Å². The van der Waals surface area contributed by atoms with Crippen molar-refractivity contribution in [3.8, 4) is 17.3 Å². The molecule has 0 aliphatic carbocycles. The van der Waals surface area contributed by atoms with Crippen LogP contribution in [0.1, 0.15) is 11.1 Å². The Morgan fingerprint density at radius 1 is 1.26 bits per heavy atom. The molecule has 0 aliphatic rings. The summed E-state index contributed by atoms with van der Waals surface area (Å²) in [5.41, 5.74) is 2.42. The van der Waals surface area contributed by atoms with Crippen molar-refractivity contribution < 1.29 is 9.18 Å². The van der Waals surface area contributed by atoms with Crippen molar-refractivity contribution in [2.75, 3.05) is 0 Å². The molecule has 1 amide bonds. The fourth-order valence-electron chi connectivity index (χ4n) is 2.47. The van der Waals surface area contributed by atoms with E-state index in [0.29, 0.717) is 16.8 Å². The van der Waals surface area contributed by atoms with Crippen LogP contribution in [0.3, 0.4) is 0 Å². The fraction of sp³-hybridized carbons (Fsp3) is 0.0500. The van der Waals surface area contributed by atoms with Crippen LogP contribution >= 0.6 is 15.9 Å². The highest BCUT2D eigenvalue weighted by Gasteiger charge is 2.13. The van der Waals surface area contributed by atoms with Crippen molar-refractivity contribution >= 4 is 27.9 Å². The van der Waals surface area contributed by atoms with Gasteiger partial charge >= 0.3 is 0 Å². The van der Waals surface area contributed by atoms with Crippen molar-refractivity contribution in [2.45, 2.75) is 6.54 Å². The molecule has 0 aliphatic heterocycles. The number of benzene rings is 2. The number of halogens is 2. The second-order valence-corrected chi connectivity index (χ2v) is 6.57. The lowest BCUT2D eigenvalue weighted by molar-refractivity contribution is -0.117. The lowest BCUT2D eigenvalue weighted by atomic mass is 10.1. The number of aromatic nitrogens is 2. The molecule has 2 aromatic carbocycles. The van der Waals surface area contributed by atoms with Gasteiger partial charge in [0, 0.05) is 27.7 Å². The highest BCUT2D eigenvalue weighted by atomic mass is 79.9. The Hall–Kier alpha value is -3.24. The number of carbonyl (C=O) groups is 1. The van der Waals surface area contributed by atoms with E-state index in [1.54, 1.807) is 24.4 Å². The van der Waals surface area contributed by atoms with E-state index in [0.717, 1.165) is 10.0 Å². The van der Waals surface area contributed by atoms with Gasteiger partial charge in [0.1, 0.15) is 17.5 Å². The van der Waals surface area contributed by atoms with Gasteiger partial charge in [-0.05, 0) is 24.3 Å². The van der Waals surface area contributed by atoms with Gasteiger partial charge in [0.25, 0.3) is 5.91 Å². The maximum atomic E-state index is 13.7. The molecule has 0 spiro atoms. The minimum absolute atomic E-state index is 0.00448. The van der Waals surface area contributed by atoms with Crippen molar-refractivity contribution in [2.24, 2.45) is 0 Å². The fourth-order valence-corrected chi connectivity index (χ4v) is 2.73. The van der Waals surface area contributed by atoms with E-state index in [9.17, 15) is 14.4 Å². The minimum atomic E-state index is -0.580. The predicted molar refractivity (Wildman–Crippen MR) is 104 cm³/mol. The van der Waals surface area contributed by atoms with Crippen LogP contribution in [-0.4, -0.2) is 16.1 Å². The molecule has 0 radical (unpaired) electrons. The predicted octanol–water partition coefficient (Wildman–Crippen LogP) is 4.20. The number of carbonyl (C=O) groups excluding carboxylic acids is 1. The Kier molecular flexibility index (Phi) is 5.79. The second kappa shape index (κ2) is 8.43. The summed E-state index contributed by atoms with van der Waals surface area (Å²) in [4.78, 5) is 12.3. The quantitative estimate of drug-likeness (QED) is 0.475. The molecule has 2 N–H and O–H groups in total. The molecule has 5 nitrogen and oxygen atoms in total. The number of nitriles is 1. The topological polar surface area (TPSA) is 81.6 Å². The Morgan fingerprint density at radius 3 is 2.70 bits per heavy atom. The van der Waals surface area contributed by atoms with Crippen molar-refractivity contribution in [1.82, 2.24) is 15.5 Å². The Morgan fingerprint density at radius 2 is 2.00 bits per heavy atom. The number of hydrogen-bond acceptors (Lipinski definition) is 3.